The average Bonchev–Trinajstić information content (AvgIpc) is 3.16. The number of fused-ring (bicyclic) bond motifs is 1. The Hall–Kier alpha value is -3.82. The lowest BCUT2D eigenvalue weighted by Gasteiger charge is -2.34. The van der Waals surface area contributed by atoms with Crippen molar-refractivity contribution in [1.82, 2.24) is 23.6 Å². The van der Waals surface area contributed by atoms with Gasteiger partial charge in [-0.3, -0.25) is 18.5 Å². The van der Waals surface area contributed by atoms with Crippen molar-refractivity contribution in [2.75, 3.05) is 31.1 Å². The Kier molecular flexibility index (Phi) is 4.69. The number of benzene rings is 1. The molecule has 1 aliphatic rings. The number of piperazine rings is 1. The van der Waals surface area contributed by atoms with Crippen LogP contribution in [0.3, 0.4) is 0 Å². The third-order valence-electron chi connectivity index (χ3n) is 5.47. The fourth-order valence-corrected chi connectivity index (χ4v) is 3.79. The zero-order chi connectivity index (χ0) is 21.6. The summed E-state index contributed by atoms with van der Waals surface area (Å²) in [7, 11) is 3.01. The van der Waals surface area contributed by atoms with Crippen molar-refractivity contribution in [1.29, 1.82) is 0 Å². The second-order valence-electron chi connectivity index (χ2n) is 7.14. The van der Waals surface area contributed by atoms with Crippen molar-refractivity contribution < 1.29 is 9.90 Å². The molecular formula is C20H22N6O4. The quantitative estimate of drug-likeness (QED) is 0.687. The molecule has 2 aromatic heterocycles. The summed E-state index contributed by atoms with van der Waals surface area (Å²) in [5.74, 6) is 0.489. The summed E-state index contributed by atoms with van der Waals surface area (Å²) in [6.45, 7) is 5.34. The highest BCUT2D eigenvalue weighted by Crippen LogP contribution is 2.28. The molecule has 0 saturated carbocycles. The maximum absolute atomic E-state index is 13.1. The van der Waals surface area contributed by atoms with E-state index in [4.69, 9.17) is 0 Å². The predicted octanol–water partition coefficient (Wildman–Crippen LogP) is 0.866. The van der Waals surface area contributed by atoms with E-state index in [2.05, 4.69) is 11.6 Å². The molecule has 1 N–H and O–H groups in total. The first kappa shape index (κ1) is 19.5. The molecule has 10 nitrogen and oxygen atoms in total. The number of para-hydroxylation sites is 1. The minimum atomic E-state index is -0.962. The van der Waals surface area contributed by atoms with Crippen LogP contribution in [0.4, 0.5) is 10.7 Å². The summed E-state index contributed by atoms with van der Waals surface area (Å²) >= 11 is 0. The van der Waals surface area contributed by atoms with E-state index in [1.807, 2.05) is 29.2 Å². The minimum Gasteiger partial charge on any atom is -0.465 e. The Bertz CT molecular complexity index is 1280. The van der Waals surface area contributed by atoms with Gasteiger partial charge in [-0.25, -0.2) is 9.59 Å². The largest absolute Gasteiger partial charge is 0.465 e. The van der Waals surface area contributed by atoms with Gasteiger partial charge in [-0.2, -0.15) is 4.98 Å². The predicted molar refractivity (Wildman–Crippen MR) is 113 cm³/mol. The first-order valence-electron chi connectivity index (χ1n) is 9.48. The molecule has 0 atom stereocenters. The third-order valence-corrected chi connectivity index (χ3v) is 5.47. The number of anilines is 1. The van der Waals surface area contributed by atoms with Crippen LogP contribution >= 0.6 is 0 Å². The monoisotopic (exact) mass is 410 g/mol. The Morgan fingerprint density at radius 3 is 2.40 bits per heavy atom. The van der Waals surface area contributed by atoms with E-state index in [1.165, 1.54) is 16.5 Å². The molecule has 1 amide bonds. The minimum absolute atomic E-state index is 0.276. The number of nitrogens with zero attached hydrogens (tertiary/aromatic N) is 6. The fourth-order valence-electron chi connectivity index (χ4n) is 3.79. The fraction of sp³-hybridized carbons (Fsp3) is 0.300. The van der Waals surface area contributed by atoms with E-state index in [-0.39, 0.29) is 11.2 Å². The Balaban J connectivity index is 2.01. The van der Waals surface area contributed by atoms with Crippen LogP contribution in [0.5, 0.6) is 0 Å². The van der Waals surface area contributed by atoms with Gasteiger partial charge in [0, 0.05) is 40.3 Å². The zero-order valence-electron chi connectivity index (χ0n) is 16.8. The number of amides is 1. The maximum Gasteiger partial charge on any atom is 0.407 e. The van der Waals surface area contributed by atoms with E-state index in [0.29, 0.717) is 37.8 Å². The molecular weight excluding hydrogens is 388 g/mol. The van der Waals surface area contributed by atoms with Crippen molar-refractivity contribution in [2.24, 2.45) is 14.1 Å². The molecule has 10 heteroatoms. The molecule has 1 saturated heterocycles. The van der Waals surface area contributed by atoms with Gasteiger partial charge in [0.1, 0.15) is 0 Å². The SMILES string of the molecule is C=Cc1ccccc1-n1c(N2CCN(C(=O)O)CC2)nc2c1c(=O)n(C)c(=O)n2C. The molecule has 3 aromatic rings. The molecule has 1 aromatic carbocycles. The highest BCUT2D eigenvalue weighted by atomic mass is 16.4. The number of rotatable bonds is 3. The van der Waals surface area contributed by atoms with Crippen molar-refractivity contribution in [3.05, 3.63) is 57.2 Å². The van der Waals surface area contributed by atoms with Gasteiger partial charge in [-0.15, -0.1) is 0 Å². The first-order chi connectivity index (χ1) is 14.3. The average molecular weight is 410 g/mol. The van der Waals surface area contributed by atoms with E-state index < -0.39 is 17.3 Å². The van der Waals surface area contributed by atoms with Gasteiger partial charge in [-0.1, -0.05) is 30.9 Å². The lowest BCUT2D eigenvalue weighted by molar-refractivity contribution is 0.142. The van der Waals surface area contributed by atoms with E-state index >= 15 is 0 Å². The summed E-state index contributed by atoms with van der Waals surface area (Å²) in [6, 6.07) is 7.47. The van der Waals surface area contributed by atoms with Crippen LogP contribution in [-0.2, 0) is 14.1 Å². The third kappa shape index (κ3) is 2.88. The van der Waals surface area contributed by atoms with Crippen LogP contribution in [0, 0.1) is 0 Å². The zero-order valence-corrected chi connectivity index (χ0v) is 16.8. The number of imidazole rings is 1. The van der Waals surface area contributed by atoms with Crippen molar-refractivity contribution in [2.45, 2.75) is 0 Å². The van der Waals surface area contributed by atoms with Gasteiger partial charge in [0.15, 0.2) is 11.2 Å². The van der Waals surface area contributed by atoms with Crippen LogP contribution in [0.1, 0.15) is 5.56 Å². The number of hydrogen-bond acceptors (Lipinski definition) is 5. The lowest BCUT2D eigenvalue weighted by atomic mass is 10.1. The Morgan fingerprint density at radius 1 is 1.10 bits per heavy atom. The van der Waals surface area contributed by atoms with E-state index in [1.54, 1.807) is 17.7 Å². The highest BCUT2D eigenvalue weighted by Gasteiger charge is 2.28. The van der Waals surface area contributed by atoms with Crippen molar-refractivity contribution in [3.8, 4) is 5.69 Å². The summed E-state index contributed by atoms with van der Waals surface area (Å²) in [5.41, 5.74) is 1.16. The van der Waals surface area contributed by atoms with Gasteiger partial charge in [0.25, 0.3) is 5.56 Å². The number of aromatic nitrogens is 4. The molecule has 0 unspecified atom stereocenters. The summed E-state index contributed by atoms with van der Waals surface area (Å²) in [6.07, 6.45) is 0.733. The highest BCUT2D eigenvalue weighted by molar-refractivity contribution is 5.79. The summed E-state index contributed by atoms with van der Waals surface area (Å²) in [4.78, 5) is 44.7. The first-order valence-corrected chi connectivity index (χ1v) is 9.48. The molecule has 0 radical (unpaired) electrons. The Labute approximate surface area is 171 Å². The topological polar surface area (TPSA) is 106 Å². The van der Waals surface area contributed by atoms with Gasteiger partial charge in [0.05, 0.1) is 5.69 Å². The van der Waals surface area contributed by atoms with E-state index in [9.17, 15) is 19.5 Å². The standard InChI is InChI=1S/C20H22N6O4/c1-4-13-7-5-6-8-14(13)26-15-16(22(2)19(28)23(3)17(15)27)21-18(26)24-9-11-25(12-10-24)20(29)30/h4-8H,1,9-12H2,2-3H3,(H,29,30). The summed E-state index contributed by atoms with van der Waals surface area (Å²) in [5, 5.41) is 9.24. The number of carbonyl (C=O) groups is 1. The van der Waals surface area contributed by atoms with Crippen molar-refractivity contribution in [3.63, 3.8) is 0 Å². The number of aryl methyl sites for hydroxylation is 1. The smallest absolute Gasteiger partial charge is 0.407 e. The summed E-state index contributed by atoms with van der Waals surface area (Å²) < 4.78 is 4.15. The van der Waals surface area contributed by atoms with Gasteiger partial charge in [-0.05, 0) is 11.6 Å². The molecule has 0 aliphatic carbocycles. The van der Waals surface area contributed by atoms with E-state index in [0.717, 1.165) is 10.1 Å². The van der Waals surface area contributed by atoms with Crippen molar-refractivity contribution >= 4 is 29.3 Å². The molecule has 0 spiro atoms. The van der Waals surface area contributed by atoms with Crippen LogP contribution in [0.2, 0.25) is 0 Å². The molecule has 1 fully saturated rings. The normalized spacial score (nSPS) is 14.3. The second-order valence-corrected chi connectivity index (χ2v) is 7.14. The molecule has 3 heterocycles. The van der Waals surface area contributed by atoms with Gasteiger partial charge < -0.3 is 14.9 Å². The maximum atomic E-state index is 13.1. The lowest BCUT2D eigenvalue weighted by Crippen LogP contribution is -2.49. The molecule has 156 valence electrons. The molecule has 30 heavy (non-hydrogen) atoms. The molecule has 4 rings (SSSR count). The Morgan fingerprint density at radius 2 is 1.77 bits per heavy atom. The molecule has 0 bridgehead atoms. The number of carboxylic acid groups (broad SMARTS) is 1. The van der Waals surface area contributed by atoms with Crippen LogP contribution in [0.25, 0.3) is 22.9 Å². The second kappa shape index (κ2) is 7.21. The number of hydrogen-bond donors (Lipinski definition) is 1. The molecule has 1 aliphatic heterocycles. The van der Waals surface area contributed by atoms with Gasteiger partial charge in [0.2, 0.25) is 5.95 Å². The van der Waals surface area contributed by atoms with Crippen LogP contribution in [0.15, 0.2) is 40.4 Å². The van der Waals surface area contributed by atoms with Crippen LogP contribution < -0.4 is 16.1 Å². The van der Waals surface area contributed by atoms with Crippen LogP contribution in [-0.4, -0.2) is 61.0 Å². The van der Waals surface area contributed by atoms with Gasteiger partial charge >= 0.3 is 11.8 Å².